The van der Waals surface area contributed by atoms with Gasteiger partial charge in [0.25, 0.3) is 5.91 Å². The first kappa shape index (κ1) is 15.0. The first-order chi connectivity index (χ1) is 11.7. The number of halogens is 1. The van der Waals surface area contributed by atoms with E-state index in [1.807, 2.05) is 18.2 Å². The minimum atomic E-state index is -0.171. The largest absolute Gasteiger partial charge is 0.463 e. The van der Waals surface area contributed by atoms with Crippen molar-refractivity contribution in [1.82, 2.24) is 15.1 Å². The molecule has 3 aromatic rings. The van der Waals surface area contributed by atoms with Crippen molar-refractivity contribution in [2.24, 2.45) is 5.92 Å². The molecular weight excluding hydrogens is 326 g/mol. The zero-order valence-corrected chi connectivity index (χ0v) is 13.7. The summed E-state index contributed by atoms with van der Waals surface area (Å²) in [6.07, 6.45) is 3.97. The fraction of sp³-hybridized carbons (Fsp3) is 0.222. The van der Waals surface area contributed by atoms with Crippen LogP contribution in [0.3, 0.4) is 0 Å². The first-order valence-corrected chi connectivity index (χ1v) is 8.26. The zero-order valence-electron chi connectivity index (χ0n) is 12.9. The van der Waals surface area contributed by atoms with Crippen LogP contribution < -0.4 is 5.32 Å². The lowest BCUT2D eigenvalue weighted by atomic mass is 10.2. The third-order valence-electron chi connectivity index (χ3n) is 4.02. The summed E-state index contributed by atoms with van der Waals surface area (Å²) in [5.74, 6) is 1.09. The summed E-state index contributed by atoms with van der Waals surface area (Å²) in [4.78, 5) is 12.4. The number of nitrogens with zero attached hydrogens (tertiary/aromatic N) is 2. The van der Waals surface area contributed by atoms with Gasteiger partial charge in [0.15, 0.2) is 11.5 Å². The van der Waals surface area contributed by atoms with E-state index in [-0.39, 0.29) is 5.91 Å². The van der Waals surface area contributed by atoms with E-state index in [1.165, 1.54) is 12.8 Å². The lowest BCUT2D eigenvalue weighted by Gasteiger charge is -2.05. The predicted molar refractivity (Wildman–Crippen MR) is 91.3 cm³/mol. The molecule has 2 heterocycles. The summed E-state index contributed by atoms with van der Waals surface area (Å²) in [7, 11) is 0. The van der Waals surface area contributed by atoms with Gasteiger partial charge < -0.3 is 9.73 Å². The Morgan fingerprint density at radius 3 is 2.88 bits per heavy atom. The first-order valence-electron chi connectivity index (χ1n) is 7.89. The van der Waals surface area contributed by atoms with E-state index in [9.17, 15) is 4.79 Å². The van der Waals surface area contributed by atoms with Gasteiger partial charge in [0.05, 0.1) is 12.0 Å². The molecule has 24 heavy (non-hydrogen) atoms. The van der Waals surface area contributed by atoms with Crippen LogP contribution in [0.1, 0.15) is 23.3 Å². The highest BCUT2D eigenvalue weighted by Crippen LogP contribution is 2.28. The molecular formula is C18H16ClN3O2. The number of rotatable bonds is 5. The summed E-state index contributed by atoms with van der Waals surface area (Å²) < 4.78 is 7.17. The molecule has 122 valence electrons. The highest BCUT2D eigenvalue weighted by molar-refractivity contribution is 6.30. The SMILES string of the molecule is O=C(NCC1CC1)c1cc(-c2ccco2)n(-c2cccc(Cl)c2)n1. The summed E-state index contributed by atoms with van der Waals surface area (Å²) in [6, 6.07) is 12.7. The standard InChI is InChI=1S/C18H16ClN3O2/c19-13-3-1-4-14(9-13)22-16(17-5-2-8-24-17)10-15(21-22)18(23)20-11-12-6-7-12/h1-5,8-10,12H,6-7,11H2,(H,20,23). The van der Waals surface area contributed by atoms with Gasteiger partial charge >= 0.3 is 0 Å². The molecule has 0 unspecified atom stereocenters. The number of benzene rings is 1. The number of aromatic nitrogens is 2. The molecule has 0 spiro atoms. The summed E-state index contributed by atoms with van der Waals surface area (Å²) >= 11 is 6.09. The molecule has 1 saturated carbocycles. The third kappa shape index (κ3) is 3.08. The lowest BCUT2D eigenvalue weighted by Crippen LogP contribution is -2.26. The molecule has 0 atom stereocenters. The molecule has 1 fully saturated rings. The van der Waals surface area contributed by atoms with Gasteiger partial charge in [-0.25, -0.2) is 4.68 Å². The lowest BCUT2D eigenvalue weighted by molar-refractivity contribution is 0.0946. The summed E-state index contributed by atoms with van der Waals surface area (Å²) in [5, 5.41) is 8.00. The number of nitrogens with one attached hydrogen (secondary N) is 1. The normalized spacial score (nSPS) is 13.9. The van der Waals surface area contributed by atoms with Crippen molar-refractivity contribution in [1.29, 1.82) is 0 Å². The van der Waals surface area contributed by atoms with E-state index < -0.39 is 0 Å². The van der Waals surface area contributed by atoms with E-state index >= 15 is 0 Å². The number of amides is 1. The number of carbonyl (C=O) groups excluding carboxylic acids is 1. The van der Waals surface area contributed by atoms with Crippen molar-refractivity contribution in [3.05, 3.63) is 59.4 Å². The summed E-state index contributed by atoms with van der Waals surface area (Å²) in [5.41, 5.74) is 1.84. The second kappa shape index (κ2) is 6.17. The smallest absolute Gasteiger partial charge is 0.271 e. The van der Waals surface area contributed by atoms with Crippen LogP contribution in [0.5, 0.6) is 0 Å². The molecule has 0 radical (unpaired) electrons. The van der Waals surface area contributed by atoms with Gasteiger partial charge in [0.1, 0.15) is 5.69 Å². The van der Waals surface area contributed by atoms with Gasteiger partial charge in [-0.2, -0.15) is 5.10 Å². The Bertz CT molecular complexity index is 866. The van der Waals surface area contributed by atoms with Gasteiger partial charge in [-0.3, -0.25) is 4.79 Å². The van der Waals surface area contributed by atoms with E-state index in [4.69, 9.17) is 16.0 Å². The Labute approximate surface area is 144 Å². The molecule has 5 nitrogen and oxygen atoms in total. The molecule has 0 bridgehead atoms. The van der Waals surface area contributed by atoms with Crippen LogP contribution in [0.2, 0.25) is 5.02 Å². The van der Waals surface area contributed by atoms with Crippen molar-refractivity contribution in [3.63, 3.8) is 0 Å². The van der Waals surface area contributed by atoms with E-state index in [0.29, 0.717) is 34.6 Å². The van der Waals surface area contributed by atoms with Crippen LogP contribution in [0.15, 0.2) is 53.1 Å². The van der Waals surface area contributed by atoms with Gasteiger partial charge in [-0.1, -0.05) is 17.7 Å². The molecule has 6 heteroatoms. The van der Waals surface area contributed by atoms with Crippen LogP contribution >= 0.6 is 11.6 Å². The quantitative estimate of drug-likeness (QED) is 0.765. The molecule has 1 aromatic carbocycles. The topological polar surface area (TPSA) is 60.1 Å². The Hall–Kier alpha value is -2.53. The fourth-order valence-corrected chi connectivity index (χ4v) is 2.73. The second-order valence-electron chi connectivity index (χ2n) is 5.94. The number of furan rings is 1. The minimum absolute atomic E-state index is 0.171. The zero-order chi connectivity index (χ0) is 16.5. The van der Waals surface area contributed by atoms with Gasteiger partial charge in [-0.15, -0.1) is 0 Å². The van der Waals surface area contributed by atoms with Crippen molar-refractivity contribution in [2.45, 2.75) is 12.8 Å². The highest BCUT2D eigenvalue weighted by Gasteiger charge is 2.23. The van der Waals surface area contributed by atoms with Crippen molar-refractivity contribution < 1.29 is 9.21 Å². The molecule has 1 amide bonds. The minimum Gasteiger partial charge on any atom is -0.463 e. The molecule has 1 aliphatic rings. The maximum Gasteiger partial charge on any atom is 0.271 e. The van der Waals surface area contributed by atoms with Gasteiger partial charge in [0.2, 0.25) is 0 Å². The third-order valence-corrected chi connectivity index (χ3v) is 4.25. The van der Waals surface area contributed by atoms with Gasteiger partial charge in [-0.05, 0) is 49.1 Å². The van der Waals surface area contributed by atoms with Crippen LogP contribution in [0.4, 0.5) is 0 Å². The Balaban J connectivity index is 1.71. The van der Waals surface area contributed by atoms with Crippen LogP contribution in [-0.4, -0.2) is 22.2 Å². The van der Waals surface area contributed by atoms with Crippen LogP contribution in [0, 0.1) is 5.92 Å². The summed E-state index contributed by atoms with van der Waals surface area (Å²) in [6.45, 7) is 0.707. The van der Waals surface area contributed by atoms with E-state index in [1.54, 1.807) is 35.2 Å². The molecule has 2 aromatic heterocycles. The Morgan fingerprint density at radius 2 is 2.17 bits per heavy atom. The van der Waals surface area contributed by atoms with Crippen LogP contribution in [0.25, 0.3) is 17.1 Å². The molecule has 1 aliphatic carbocycles. The molecule has 0 aliphatic heterocycles. The average Bonchev–Trinajstić information content (AvgIpc) is 3.08. The fourth-order valence-electron chi connectivity index (χ4n) is 2.55. The predicted octanol–water partition coefficient (Wildman–Crippen LogP) is 3.93. The van der Waals surface area contributed by atoms with Crippen molar-refractivity contribution in [3.8, 4) is 17.1 Å². The number of carbonyl (C=O) groups is 1. The molecule has 4 rings (SSSR count). The maximum atomic E-state index is 12.4. The Morgan fingerprint density at radius 1 is 1.29 bits per heavy atom. The average molecular weight is 342 g/mol. The van der Waals surface area contributed by atoms with E-state index in [2.05, 4.69) is 10.4 Å². The van der Waals surface area contributed by atoms with Crippen molar-refractivity contribution in [2.75, 3.05) is 6.54 Å². The van der Waals surface area contributed by atoms with Gasteiger partial charge in [0, 0.05) is 17.6 Å². The number of hydrogen-bond acceptors (Lipinski definition) is 3. The number of hydrogen-bond donors (Lipinski definition) is 1. The second-order valence-corrected chi connectivity index (χ2v) is 6.37. The Kier molecular flexibility index (Phi) is 3.86. The maximum absolute atomic E-state index is 12.4. The molecule has 0 saturated heterocycles. The monoisotopic (exact) mass is 341 g/mol. The van der Waals surface area contributed by atoms with Crippen molar-refractivity contribution >= 4 is 17.5 Å². The molecule has 1 N–H and O–H groups in total. The highest BCUT2D eigenvalue weighted by atomic mass is 35.5. The van der Waals surface area contributed by atoms with E-state index in [0.717, 1.165) is 5.69 Å². The van der Waals surface area contributed by atoms with Crippen LogP contribution in [-0.2, 0) is 0 Å².